The molecular formula is C10H12Br2N2O4S. The van der Waals surface area contributed by atoms with Crippen molar-refractivity contribution in [3.05, 3.63) is 21.1 Å². The van der Waals surface area contributed by atoms with Gasteiger partial charge in [0.2, 0.25) is 10.0 Å². The molecule has 0 saturated carbocycles. The molecule has 0 bridgehead atoms. The Hall–Kier alpha value is -0.640. The summed E-state index contributed by atoms with van der Waals surface area (Å²) < 4.78 is 28.6. The van der Waals surface area contributed by atoms with Crippen LogP contribution < -0.4 is 9.88 Å². The van der Waals surface area contributed by atoms with Gasteiger partial charge < -0.3 is 9.64 Å². The van der Waals surface area contributed by atoms with Gasteiger partial charge in [0.05, 0.1) is 13.8 Å². The summed E-state index contributed by atoms with van der Waals surface area (Å²) in [4.78, 5) is 12.8. The van der Waals surface area contributed by atoms with Crippen molar-refractivity contribution < 1.29 is 17.9 Å². The molecule has 0 aliphatic carbocycles. The van der Waals surface area contributed by atoms with Gasteiger partial charge in [-0.2, -0.15) is 0 Å². The Morgan fingerprint density at radius 1 is 1.32 bits per heavy atom. The van der Waals surface area contributed by atoms with Crippen LogP contribution in [-0.2, 0) is 14.8 Å². The van der Waals surface area contributed by atoms with Crippen LogP contribution in [0.25, 0.3) is 0 Å². The first kappa shape index (κ1) is 16.4. The van der Waals surface area contributed by atoms with Crippen LogP contribution in [-0.4, -0.2) is 39.9 Å². The molecule has 0 fully saturated rings. The Balaban J connectivity index is 3.02. The molecule has 0 atom stereocenters. The molecule has 1 aromatic rings. The molecule has 1 amide bonds. The molecule has 106 valence electrons. The summed E-state index contributed by atoms with van der Waals surface area (Å²) in [6, 6.07) is 2.63. The van der Waals surface area contributed by atoms with Gasteiger partial charge in [0.15, 0.2) is 6.61 Å². The molecule has 0 aliphatic heterocycles. The van der Waals surface area contributed by atoms with Crippen LogP contribution in [0.4, 0.5) is 0 Å². The molecule has 0 saturated heterocycles. The van der Waals surface area contributed by atoms with Crippen LogP contribution in [0.15, 0.2) is 26.0 Å². The molecule has 0 heterocycles. The SMILES string of the molecule is CN(C)C(=O)COc1c(Br)cc(S(N)(=O)=O)cc1Br. The van der Waals surface area contributed by atoms with E-state index in [-0.39, 0.29) is 17.4 Å². The maximum absolute atomic E-state index is 11.4. The van der Waals surface area contributed by atoms with E-state index >= 15 is 0 Å². The lowest BCUT2D eigenvalue weighted by Gasteiger charge is -2.14. The highest BCUT2D eigenvalue weighted by molar-refractivity contribution is 9.11. The van der Waals surface area contributed by atoms with Gasteiger partial charge in [0.25, 0.3) is 5.91 Å². The lowest BCUT2D eigenvalue weighted by atomic mass is 10.3. The fourth-order valence-corrected chi connectivity index (χ4v) is 3.38. The smallest absolute Gasteiger partial charge is 0.259 e. The Bertz CT molecular complexity index is 579. The van der Waals surface area contributed by atoms with Gasteiger partial charge in [-0.3, -0.25) is 4.79 Å². The van der Waals surface area contributed by atoms with Gasteiger partial charge in [0, 0.05) is 14.1 Å². The van der Waals surface area contributed by atoms with Gasteiger partial charge >= 0.3 is 0 Å². The number of nitrogens with zero attached hydrogens (tertiary/aromatic N) is 1. The third kappa shape index (κ3) is 4.44. The number of sulfonamides is 1. The molecule has 1 aromatic carbocycles. The molecule has 9 heteroatoms. The third-order valence-electron chi connectivity index (χ3n) is 2.14. The standard InChI is InChI=1S/C10H12Br2N2O4S/c1-14(2)9(15)5-18-10-7(11)3-6(4-8(10)12)19(13,16)17/h3-4H,5H2,1-2H3,(H2,13,16,17). The molecular weight excluding hydrogens is 404 g/mol. The summed E-state index contributed by atoms with van der Waals surface area (Å²) in [5.74, 6) is 0.122. The molecule has 2 N–H and O–H groups in total. The average Bonchev–Trinajstić information content (AvgIpc) is 2.25. The number of nitrogens with two attached hydrogens (primary N) is 1. The first-order valence-electron chi connectivity index (χ1n) is 4.97. The van der Waals surface area contributed by atoms with E-state index in [0.29, 0.717) is 14.7 Å². The first-order chi connectivity index (χ1) is 8.62. The summed E-state index contributed by atoms with van der Waals surface area (Å²) >= 11 is 6.36. The summed E-state index contributed by atoms with van der Waals surface area (Å²) in [5.41, 5.74) is 0. The number of halogens is 2. The average molecular weight is 416 g/mol. The minimum absolute atomic E-state index is 0.0578. The number of amides is 1. The van der Waals surface area contributed by atoms with Crippen molar-refractivity contribution >= 4 is 47.8 Å². The first-order valence-corrected chi connectivity index (χ1v) is 8.11. The Kier molecular flexibility index (Phi) is 5.36. The number of ether oxygens (including phenoxy) is 1. The molecule has 1 rings (SSSR count). The second-order valence-electron chi connectivity index (χ2n) is 3.84. The van der Waals surface area contributed by atoms with E-state index < -0.39 is 10.0 Å². The number of likely N-dealkylation sites (N-methyl/N-ethyl adjacent to an activating group) is 1. The van der Waals surface area contributed by atoms with Crippen LogP contribution in [0, 0.1) is 0 Å². The summed E-state index contributed by atoms with van der Waals surface area (Å²) in [6.45, 7) is -0.154. The predicted molar refractivity (Wildman–Crippen MR) is 77.4 cm³/mol. The molecule has 0 aromatic heterocycles. The number of carbonyl (C=O) groups is 1. The zero-order chi connectivity index (χ0) is 14.8. The molecule has 0 aliphatic rings. The van der Waals surface area contributed by atoms with Crippen LogP contribution in [0.2, 0.25) is 0 Å². The topological polar surface area (TPSA) is 89.7 Å². The lowest BCUT2D eigenvalue weighted by Crippen LogP contribution is -2.27. The van der Waals surface area contributed by atoms with Gasteiger partial charge in [0.1, 0.15) is 5.75 Å². The number of carbonyl (C=O) groups excluding carboxylic acids is 1. The molecule has 0 unspecified atom stereocenters. The monoisotopic (exact) mass is 414 g/mol. The van der Waals surface area contributed by atoms with Crippen LogP contribution in [0.1, 0.15) is 0 Å². The number of rotatable bonds is 4. The normalized spacial score (nSPS) is 11.2. The maximum atomic E-state index is 11.4. The second-order valence-corrected chi connectivity index (χ2v) is 7.11. The van der Waals surface area contributed by atoms with Gasteiger partial charge in [-0.25, -0.2) is 13.6 Å². The van der Waals surface area contributed by atoms with Crippen LogP contribution >= 0.6 is 31.9 Å². The zero-order valence-electron chi connectivity index (χ0n) is 10.2. The highest BCUT2D eigenvalue weighted by Crippen LogP contribution is 2.35. The zero-order valence-corrected chi connectivity index (χ0v) is 14.2. The quantitative estimate of drug-likeness (QED) is 0.802. The fourth-order valence-electron chi connectivity index (χ4n) is 1.10. The third-order valence-corrected chi connectivity index (χ3v) is 4.21. The van der Waals surface area contributed by atoms with Crippen molar-refractivity contribution in [2.24, 2.45) is 5.14 Å². The molecule has 0 spiro atoms. The van der Waals surface area contributed by atoms with E-state index in [4.69, 9.17) is 9.88 Å². The van der Waals surface area contributed by atoms with Crippen molar-refractivity contribution in [1.29, 1.82) is 0 Å². The van der Waals surface area contributed by atoms with E-state index in [1.54, 1.807) is 14.1 Å². The van der Waals surface area contributed by atoms with E-state index in [0.717, 1.165) is 0 Å². The van der Waals surface area contributed by atoms with Crippen molar-refractivity contribution in [2.75, 3.05) is 20.7 Å². The van der Waals surface area contributed by atoms with E-state index in [9.17, 15) is 13.2 Å². The Labute approximate surface area is 128 Å². The second kappa shape index (κ2) is 6.21. The van der Waals surface area contributed by atoms with Crippen molar-refractivity contribution in [3.63, 3.8) is 0 Å². The lowest BCUT2D eigenvalue weighted by molar-refractivity contribution is -0.130. The Morgan fingerprint density at radius 3 is 2.16 bits per heavy atom. The van der Waals surface area contributed by atoms with Gasteiger partial charge in [-0.1, -0.05) is 0 Å². The highest BCUT2D eigenvalue weighted by Gasteiger charge is 2.16. The summed E-state index contributed by atoms with van der Waals surface area (Å²) in [7, 11) is -0.578. The number of hydrogen-bond donors (Lipinski definition) is 1. The van der Waals surface area contributed by atoms with Crippen molar-refractivity contribution in [2.45, 2.75) is 4.90 Å². The fraction of sp³-hybridized carbons (Fsp3) is 0.300. The van der Waals surface area contributed by atoms with Crippen molar-refractivity contribution in [1.82, 2.24) is 4.90 Å². The maximum Gasteiger partial charge on any atom is 0.259 e. The summed E-state index contributed by atoms with van der Waals surface area (Å²) in [6.07, 6.45) is 0. The molecule has 0 radical (unpaired) electrons. The molecule has 19 heavy (non-hydrogen) atoms. The van der Waals surface area contributed by atoms with E-state index in [1.165, 1.54) is 17.0 Å². The largest absolute Gasteiger partial charge is 0.481 e. The minimum atomic E-state index is -3.80. The number of benzene rings is 1. The highest BCUT2D eigenvalue weighted by atomic mass is 79.9. The summed E-state index contributed by atoms with van der Waals surface area (Å²) in [5, 5.41) is 5.04. The van der Waals surface area contributed by atoms with Crippen LogP contribution in [0.5, 0.6) is 5.75 Å². The van der Waals surface area contributed by atoms with E-state index in [2.05, 4.69) is 31.9 Å². The minimum Gasteiger partial charge on any atom is -0.481 e. The van der Waals surface area contributed by atoms with Gasteiger partial charge in [-0.15, -0.1) is 0 Å². The van der Waals surface area contributed by atoms with Gasteiger partial charge in [-0.05, 0) is 44.0 Å². The van der Waals surface area contributed by atoms with Crippen LogP contribution in [0.3, 0.4) is 0 Å². The Morgan fingerprint density at radius 2 is 1.79 bits per heavy atom. The predicted octanol–water partition coefficient (Wildman–Crippen LogP) is 1.33. The number of hydrogen-bond acceptors (Lipinski definition) is 4. The molecule has 6 nitrogen and oxygen atoms in total. The van der Waals surface area contributed by atoms with E-state index in [1.807, 2.05) is 0 Å². The number of primary sulfonamides is 1. The van der Waals surface area contributed by atoms with Crippen molar-refractivity contribution in [3.8, 4) is 5.75 Å².